The lowest BCUT2D eigenvalue weighted by Crippen LogP contribution is -2.30. The summed E-state index contributed by atoms with van der Waals surface area (Å²) >= 11 is 0. The van der Waals surface area contributed by atoms with Gasteiger partial charge in [-0.3, -0.25) is 4.79 Å². The molecule has 144 valence electrons. The van der Waals surface area contributed by atoms with Gasteiger partial charge in [-0.15, -0.1) is 0 Å². The highest BCUT2D eigenvalue weighted by molar-refractivity contribution is 5.97. The summed E-state index contributed by atoms with van der Waals surface area (Å²) in [4.78, 5) is 24.5. The number of nitrogens with zero attached hydrogens (tertiary/aromatic N) is 1. The van der Waals surface area contributed by atoms with E-state index in [2.05, 4.69) is 5.32 Å². The molecule has 0 aliphatic rings. The van der Waals surface area contributed by atoms with E-state index in [0.29, 0.717) is 22.7 Å². The average Bonchev–Trinajstić information content (AvgIpc) is 2.75. The summed E-state index contributed by atoms with van der Waals surface area (Å²) in [6, 6.07) is 24.3. The standard InChI is InChI=1S/C23H18N2O4/c1-16(28-23(27)18-7-5-6-17(14-18)15-24)22(26)25-19-10-12-21(13-11-19)29-20-8-3-2-4-9-20/h2-14,16H,1H3,(H,25,26)/t16-/m1/s1. The van der Waals surface area contributed by atoms with Gasteiger partial charge in [-0.2, -0.15) is 5.26 Å². The Morgan fingerprint density at radius 2 is 1.62 bits per heavy atom. The summed E-state index contributed by atoms with van der Waals surface area (Å²) < 4.78 is 10.9. The lowest BCUT2D eigenvalue weighted by Gasteiger charge is -2.14. The van der Waals surface area contributed by atoms with Crippen LogP contribution in [0, 0.1) is 11.3 Å². The second kappa shape index (κ2) is 9.20. The molecule has 0 fully saturated rings. The third-order valence-corrected chi connectivity index (χ3v) is 3.98. The Balaban J connectivity index is 1.56. The van der Waals surface area contributed by atoms with Crippen LogP contribution < -0.4 is 10.1 Å². The van der Waals surface area contributed by atoms with E-state index in [-0.39, 0.29) is 5.56 Å². The second-order valence-corrected chi connectivity index (χ2v) is 6.17. The van der Waals surface area contributed by atoms with Gasteiger partial charge >= 0.3 is 5.97 Å². The maximum Gasteiger partial charge on any atom is 0.338 e. The van der Waals surface area contributed by atoms with E-state index in [1.54, 1.807) is 36.4 Å². The van der Waals surface area contributed by atoms with Gasteiger partial charge in [0.25, 0.3) is 5.91 Å². The smallest absolute Gasteiger partial charge is 0.338 e. The molecule has 29 heavy (non-hydrogen) atoms. The van der Waals surface area contributed by atoms with Crippen LogP contribution in [-0.2, 0) is 9.53 Å². The molecule has 0 aromatic heterocycles. The highest BCUT2D eigenvalue weighted by atomic mass is 16.5. The van der Waals surface area contributed by atoms with Crippen molar-refractivity contribution in [3.05, 3.63) is 90.0 Å². The Bertz CT molecular complexity index is 1040. The molecule has 1 atom stereocenters. The average molecular weight is 386 g/mol. The van der Waals surface area contributed by atoms with Crippen LogP contribution in [0.5, 0.6) is 11.5 Å². The molecule has 0 spiro atoms. The van der Waals surface area contributed by atoms with Gasteiger partial charge in [0, 0.05) is 5.69 Å². The van der Waals surface area contributed by atoms with E-state index in [9.17, 15) is 9.59 Å². The van der Waals surface area contributed by atoms with E-state index >= 15 is 0 Å². The lowest BCUT2D eigenvalue weighted by atomic mass is 10.1. The zero-order valence-electron chi connectivity index (χ0n) is 15.7. The van der Waals surface area contributed by atoms with Crippen molar-refractivity contribution in [2.45, 2.75) is 13.0 Å². The third-order valence-electron chi connectivity index (χ3n) is 3.98. The highest BCUT2D eigenvalue weighted by Gasteiger charge is 2.19. The fourth-order valence-corrected chi connectivity index (χ4v) is 2.47. The number of ether oxygens (including phenoxy) is 2. The number of nitrogens with one attached hydrogen (secondary N) is 1. The van der Waals surface area contributed by atoms with Gasteiger partial charge in [-0.1, -0.05) is 24.3 Å². The first kappa shape index (κ1) is 19.6. The summed E-state index contributed by atoms with van der Waals surface area (Å²) in [5, 5.41) is 11.6. The minimum absolute atomic E-state index is 0.214. The molecule has 0 radical (unpaired) electrons. The van der Waals surface area contributed by atoms with Crippen molar-refractivity contribution < 1.29 is 19.1 Å². The zero-order chi connectivity index (χ0) is 20.6. The molecule has 1 N–H and O–H groups in total. The van der Waals surface area contributed by atoms with Crippen molar-refractivity contribution >= 4 is 17.6 Å². The van der Waals surface area contributed by atoms with Crippen LogP contribution in [0.25, 0.3) is 0 Å². The molecule has 0 aliphatic carbocycles. The molecule has 0 saturated heterocycles. The molecule has 3 aromatic carbocycles. The number of carbonyl (C=O) groups excluding carboxylic acids is 2. The maximum atomic E-state index is 12.3. The van der Waals surface area contributed by atoms with Crippen LogP contribution in [-0.4, -0.2) is 18.0 Å². The van der Waals surface area contributed by atoms with E-state index in [1.165, 1.54) is 19.1 Å². The SMILES string of the molecule is C[C@@H](OC(=O)c1cccc(C#N)c1)C(=O)Nc1ccc(Oc2ccccc2)cc1. The first-order chi connectivity index (χ1) is 14.0. The molecule has 0 unspecified atom stereocenters. The molecule has 1 amide bonds. The first-order valence-corrected chi connectivity index (χ1v) is 8.90. The predicted octanol–water partition coefficient (Wildman–Crippen LogP) is 4.53. The molecular weight excluding hydrogens is 368 g/mol. The molecule has 6 nitrogen and oxygen atoms in total. The van der Waals surface area contributed by atoms with Crippen molar-refractivity contribution in [1.82, 2.24) is 0 Å². The Hall–Kier alpha value is -4.11. The number of anilines is 1. The van der Waals surface area contributed by atoms with Gasteiger partial charge in [0.1, 0.15) is 11.5 Å². The largest absolute Gasteiger partial charge is 0.457 e. The lowest BCUT2D eigenvalue weighted by molar-refractivity contribution is -0.123. The number of amides is 1. The minimum Gasteiger partial charge on any atom is -0.457 e. The van der Waals surface area contributed by atoms with Gasteiger partial charge in [-0.05, 0) is 61.5 Å². The first-order valence-electron chi connectivity index (χ1n) is 8.90. The van der Waals surface area contributed by atoms with Crippen molar-refractivity contribution in [2.24, 2.45) is 0 Å². The van der Waals surface area contributed by atoms with Crippen LogP contribution in [0.1, 0.15) is 22.8 Å². The van der Waals surface area contributed by atoms with Crippen molar-refractivity contribution in [3.63, 3.8) is 0 Å². The highest BCUT2D eigenvalue weighted by Crippen LogP contribution is 2.22. The van der Waals surface area contributed by atoms with Crippen molar-refractivity contribution in [1.29, 1.82) is 5.26 Å². The number of hydrogen-bond donors (Lipinski definition) is 1. The number of hydrogen-bond acceptors (Lipinski definition) is 5. The molecule has 3 aromatic rings. The monoisotopic (exact) mass is 386 g/mol. The number of esters is 1. The summed E-state index contributed by atoms with van der Waals surface area (Å²) in [7, 11) is 0. The summed E-state index contributed by atoms with van der Waals surface area (Å²) in [5.74, 6) is 0.208. The number of nitriles is 1. The fraction of sp³-hybridized carbons (Fsp3) is 0.0870. The van der Waals surface area contributed by atoms with Crippen LogP contribution >= 0.6 is 0 Å². The maximum absolute atomic E-state index is 12.3. The Morgan fingerprint density at radius 3 is 2.31 bits per heavy atom. The van der Waals surface area contributed by atoms with E-state index in [4.69, 9.17) is 14.7 Å². The number of rotatable bonds is 6. The molecule has 0 aliphatic heterocycles. The van der Waals surface area contributed by atoms with Gasteiger partial charge in [0.05, 0.1) is 17.2 Å². The Morgan fingerprint density at radius 1 is 0.931 bits per heavy atom. The van der Waals surface area contributed by atoms with E-state index < -0.39 is 18.0 Å². The normalized spacial score (nSPS) is 11.0. The van der Waals surface area contributed by atoms with Gasteiger partial charge < -0.3 is 14.8 Å². The minimum atomic E-state index is -1.01. The van der Waals surface area contributed by atoms with E-state index in [0.717, 1.165) is 0 Å². The quantitative estimate of drug-likeness (QED) is 0.629. The topological polar surface area (TPSA) is 88.4 Å². The Kier molecular flexibility index (Phi) is 6.23. The number of para-hydroxylation sites is 1. The molecule has 6 heteroatoms. The van der Waals surface area contributed by atoms with Crippen LogP contribution in [0.15, 0.2) is 78.9 Å². The summed E-state index contributed by atoms with van der Waals surface area (Å²) in [6.45, 7) is 1.48. The molecule has 3 rings (SSSR count). The predicted molar refractivity (Wildman–Crippen MR) is 108 cm³/mol. The number of benzene rings is 3. The summed E-state index contributed by atoms with van der Waals surface area (Å²) in [6.07, 6.45) is -1.01. The molecule has 0 bridgehead atoms. The van der Waals surface area contributed by atoms with Gasteiger partial charge in [-0.25, -0.2) is 4.79 Å². The van der Waals surface area contributed by atoms with Gasteiger partial charge in [0.2, 0.25) is 0 Å². The second-order valence-electron chi connectivity index (χ2n) is 6.17. The van der Waals surface area contributed by atoms with Gasteiger partial charge in [0.15, 0.2) is 6.10 Å². The fourth-order valence-electron chi connectivity index (χ4n) is 2.47. The third kappa shape index (κ3) is 5.44. The van der Waals surface area contributed by atoms with Crippen molar-refractivity contribution in [2.75, 3.05) is 5.32 Å². The van der Waals surface area contributed by atoms with E-state index in [1.807, 2.05) is 36.4 Å². The molecular formula is C23H18N2O4. The zero-order valence-corrected chi connectivity index (χ0v) is 15.7. The summed E-state index contributed by atoms with van der Waals surface area (Å²) in [5.41, 5.74) is 1.10. The van der Waals surface area contributed by atoms with Crippen molar-refractivity contribution in [3.8, 4) is 17.6 Å². The molecule has 0 saturated carbocycles. The van der Waals surface area contributed by atoms with Crippen LogP contribution in [0.2, 0.25) is 0 Å². The van der Waals surface area contributed by atoms with Crippen LogP contribution in [0.4, 0.5) is 5.69 Å². The Labute approximate surface area is 168 Å². The van der Waals surface area contributed by atoms with Crippen LogP contribution in [0.3, 0.4) is 0 Å². The molecule has 0 heterocycles. The number of carbonyl (C=O) groups is 2.